The normalized spacial score (nSPS) is 10.5. The van der Waals surface area contributed by atoms with Crippen molar-refractivity contribution in [2.75, 3.05) is 24.8 Å². The second-order valence-corrected chi connectivity index (χ2v) is 6.36. The summed E-state index contributed by atoms with van der Waals surface area (Å²) < 4.78 is 0.993. The van der Waals surface area contributed by atoms with Gasteiger partial charge in [0.05, 0.1) is 8.66 Å². The number of thiophene rings is 1. The summed E-state index contributed by atoms with van der Waals surface area (Å²) in [5.74, 6) is 0.850. The predicted molar refractivity (Wildman–Crippen MR) is 74.1 cm³/mol. The van der Waals surface area contributed by atoms with Gasteiger partial charge in [-0.2, -0.15) is 0 Å². The maximum absolute atomic E-state index is 12.1. The Morgan fingerprint density at radius 1 is 1.44 bits per heavy atom. The van der Waals surface area contributed by atoms with E-state index in [2.05, 4.69) is 15.9 Å². The first-order valence-corrected chi connectivity index (χ1v) is 7.45. The molecule has 0 N–H and O–H groups in total. The lowest BCUT2D eigenvalue weighted by Gasteiger charge is -2.19. The molecule has 1 heterocycles. The van der Waals surface area contributed by atoms with Crippen LogP contribution in [0.2, 0.25) is 0 Å². The predicted octanol–water partition coefficient (Wildman–Crippen LogP) is 3.74. The van der Waals surface area contributed by atoms with Gasteiger partial charge < -0.3 is 4.90 Å². The summed E-state index contributed by atoms with van der Waals surface area (Å²) in [5, 5.41) is 0. The van der Waals surface area contributed by atoms with Crippen LogP contribution in [0, 0.1) is 6.92 Å². The van der Waals surface area contributed by atoms with E-state index in [0.717, 1.165) is 14.2 Å². The molecule has 0 aliphatic rings. The van der Waals surface area contributed by atoms with E-state index < -0.39 is 0 Å². The van der Waals surface area contributed by atoms with Gasteiger partial charge in [0.2, 0.25) is 0 Å². The van der Waals surface area contributed by atoms with Crippen molar-refractivity contribution >= 4 is 56.4 Å². The molecule has 1 aromatic rings. The third-order valence-corrected chi connectivity index (χ3v) is 4.53. The number of aryl methyl sites for hydroxylation is 1. The summed E-state index contributed by atoms with van der Waals surface area (Å²) in [4.78, 5) is 14.5. The number of halogens is 3. The minimum atomic E-state index is 0.0000926. The Morgan fingerprint density at radius 3 is 2.38 bits per heavy atom. The van der Waals surface area contributed by atoms with Crippen molar-refractivity contribution < 1.29 is 4.79 Å². The fourth-order valence-corrected chi connectivity index (χ4v) is 3.15. The van der Waals surface area contributed by atoms with Gasteiger partial charge >= 0.3 is 0 Å². The topological polar surface area (TPSA) is 20.3 Å². The van der Waals surface area contributed by atoms with E-state index in [-0.39, 0.29) is 5.91 Å². The van der Waals surface area contributed by atoms with Gasteiger partial charge in [0.25, 0.3) is 5.91 Å². The van der Waals surface area contributed by atoms with Crippen molar-refractivity contribution in [1.82, 2.24) is 4.90 Å². The summed E-state index contributed by atoms with van der Waals surface area (Å²) >= 11 is 16.2. The van der Waals surface area contributed by atoms with Crippen LogP contribution in [0.5, 0.6) is 0 Å². The molecule has 0 unspecified atom stereocenters. The van der Waals surface area contributed by atoms with Crippen molar-refractivity contribution in [3.05, 3.63) is 20.3 Å². The minimum absolute atomic E-state index is 0.0000926. The monoisotopic (exact) mass is 343 g/mol. The third kappa shape index (κ3) is 3.62. The van der Waals surface area contributed by atoms with E-state index >= 15 is 0 Å². The number of hydrogen-bond donors (Lipinski definition) is 0. The second kappa shape index (κ2) is 6.84. The molecule has 1 amide bonds. The first-order valence-electron chi connectivity index (χ1n) is 4.77. The molecular weight excluding hydrogens is 333 g/mol. The van der Waals surface area contributed by atoms with Gasteiger partial charge in [-0.15, -0.1) is 34.5 Å². The summed E-state index contributed by atoms with van der Waals surface area (Å²) in [5.41, 5.74) is 1.07. The molecule has 0 fully saturated rings. The Labute approximate surface area is 118 Å². The van der Waals surface area contributed by atoms with Crippen molar-refractivity contribution in [1.29, 1.82) is 0 Å². The number of hydrogen-bond acceptors (Lipinski definition) is 2. The first-order chi connectivity index (χ1) is 7.60. The molecule has 0 saturated carbocycles. The van der Waals surface area contributed by atoms with Gasteiger partial charge in [0.1, 0.15) is 0 Å². The highest BCUT2D eigenvalue weighted by Gasteiger charge is 2.17. The van der Waals surface area contributed by atoms with Crippen molar-refractivity contribution in [3.63, 3.8) is 0 Å². The Hall–Kier alpha value is 0.230. The summed E-state index contributed by atoms with van der Waals surface area (Å²) in [6, 6.07) is 1.88. The van der Waals surface area contributed by atoms with E-state index in [1.165, 1.54) is 11.3 Å². The Kier molecular flexibility index (Phi) is 6.11. The summed E-state index contributed by atoms with van der Waals surface area (Å²) in [6.45, 7) is 3.02. The van der Waals surface area contributed by atoms with Gasteiger partial charge in [-0.05, 0) is 34.5 Å². The third-order valence-electron chi connectivity index (χ3n) is 2.06. The molecule has 0 aliphatic heterocycles. The van der Waals surface area contributed by atoms with Gasteiger partial charge in [-0.3, -0.25) is 4.79 Å². The first kappa shape index (κ1) is 14.3. The lowest BCUT2D eigenvalue weighted by Crippen LogP contribution is -2.33. The molecule has 1 aromatic heterocycles. The Balaban J connectivity index is 2.81. The molecule has 0 spiro atoms. The molecule has 0 aromatic carbocycles. The zero-order valence-corrected chi connectivity index (χ0v) is 12.7. The van der Waals surface area contributed by atoms with Crippen LogP contribution < -0.4 is 0 Å². The molecule has 0 bridgehead atoms. The van der Waals surface area contributed by atoms with Crippen LogP contribution in [-0.2, 0) is 0 Å². The molecular formula is C10H12BrCl2NOS. The number of rotatable bonds is 5. The maximum Gasteiger partial charge on any atom is 0.264 e. The average molecular weight is 345 g/mol. The van der Waals surface area contributed by atoms with Crippen LogP contribution in [0.3, 0.4) is 0 Å². The van der Waals surface area contributed by atoms with Gasteiger partial charge in [0.15, 0.2) is 0 Å². The van der Waals surface area contributed by atoms with E-state index in [0.29, 0.717) is 24.8 Å². The fourth-order valence-electron chi connectivity index (χ4n) is 1.24. The number of carbonyl (C=O) groups excluding carboxylic acids is 1. The van der Waals surface area contributed by atoms with E-state index in [1.54, 1.807) is 4.90 Å². The van der Waals surface area contributed by atoms with E-state index in [1.807, 2.05) is 13.0 Å². The number of nitrogens with zero attached hydrogens (tertiary/aromatic N) is 1. The molecule has 1 rings (SSSR count). The van der Waals surface area contributed by atoms with Crippen LogP contribution in [-0.4, -0.2) is 35.7 Å². The van der Waals surface area contributed by atoms with Crippen molar-refractivity contribution in [2.45, 2.75) is 6.92 Å². The minimum Gasteiger partial charge on any atom is -0.336 e. The molecule has 2 nitrogen and oxygen atoms in total. The second-order valence-electron chi connectivity index (χ2n) is 3.24. The van der Waals surface area contributed by atoms with Crippen LogP contribution in [0.4, 0.5) is 0 Å². The van der Waals surface area contributed by atoms with Gasteiger partial charge in [0, 0.05) is 24.8 Å². The fraction of sp³-hybridized carbons (Fsp3) is 0.500. The maximum atomic E-state index is 12.1. The molecule has 0 atom stereocenters. The van der Waals surface area contributed by atoms with Crippen LogP contribution in [0.15, 0.2) is 9.85 Å². The molecule has 6 heteroatoms. The molecule has 0 aliphatic carbocycles. The molecule has 0 radical (unpaired) electrons. The lowest BCUT2D eigenvalue weighted by atomic mass is 10.3. The van der Waals surface area contributed by atoms with Crippen molar-refractivity contribution in [2.24, 2.45) is 0 Å². The smallest absolute Gasteiger partial charge is 0.264 e. The van der Waals surface area contributed by atoms with Crippen LogP contribution >= 0.6 is 50.5 Å². The van der Waals surface area contributed by atoms with Crippen molar-refractivity contribution in [3.8, 4) is 0 Å². The van der Waals surface area contributed by atoms with Crippen LogP contribution in [0.25, 0.3) is 0 Å². The summed E-state index contributed by atoms with van der Waals surface area (Å²) in [6.07, 6.45) is 0. The highest BCUT2D eigenvalue weighted by atomic mass is 79.9. The van der Waals surface area contributed by atoms with E-state index in [4.69, 9.17) is 23.2 Å². The SMILES string of the molecule is Cc1cc(C(=O)N(CCCl)CCCl)sc1Br. The van der Waals surface area contributed by atoms with Gasteiger partial charge in [-0.1, -0.05) is 0 Å². The Bertz CT molecular complexity index is 344. The number of amides is 1. The number of carbonyl (C=O) groups is 1. The molecule has 90 valence electrons. The summed E-state index contributed by atoms with van der Waals surface area (Å²) in [7, 11) is 0. The largest absolute Gasteiger partial charge is 0.336 e. The average Bonchev–Trinajstić information content (AvgIpc) is 2.58. The highest BCUT2D eigenvalue weighted by Crippen LogP contribution is 2.28. The molecule has 16 heavy (non-hydrogen) atoms. The number of alkyl halides is 2. The quantitative estimate of drug-likeness (QED) is 0.745. The van der Waals surface area contributed by atoms with Crippen LogP contribution in [0.1, 0.15) is 15.2 Å². The zero-order chi connectivity index (χ0) is 12.1. The molecule has 0 saturated heterocycles. The van der Waals surface area contributed by atoms with E-state index in [9.17, 15) is 4.79 Å². The lowest BCUT2D eigenvalue weighted by molar-refractivity contribution is 0.0780. The highest BCUT2D eigenvalue weighted by molar-refractivity contribution is 9.11. The van der Waals surface area contributed by atoms with Gasteiger partial charge in [-0.25, -0.2) is 0 Å². The zero-order valence-electron chi connectivity index (χ0n) is 8.80. The standard InChI is InChI=1S/C10H12BrCl2NOS/c1-7-6-8(16-9(7)11)10(15)14(4-2-12)5-3-13/h6H,2-5H2,1H3. The Morgan fingerprint density at radius 2 is 2.00 bits per heavy atom.